The Kier molecular flexibility index (Phi) is 3.23. The molecular weight excluding hydrogens is 205 g/mol. The maximum atomic E-state index is 13.2. The summed E-state index contributed by atoms with van der Waals surface area (Å²) in [5.74, 6) is -0.515. The van der Waals surface area contributed by atoms with Gasteiger partial charge in [0.2, 0.25) is 0 Å². The van der Waals surface area contributed by atoms with Crippen LogP contribution in [0.3, 0.4) is 0 Å². The molecule has 0 aliphatic carbocycles. The highest BCUT2D eigenvalue weighted by atomic mass is 32.2. The first kappa shape index (κ1) is 11.1. The molecule has 0 saturated carbocycles. The molecule has 0 heterocycles. The Labute approximate surface area is 82.7 Å². The van der Waals surface area contributed by atoms with Gasteiger partial charge in [0.15, 0.2) is 9.84 Å². The van der Waals surface area contributed by atoms with Crippen LogP contribution in [0.25, 0.3) is 0 Å². The first-order valence-corrected chi connectivity index (χ1v) is 6.03. The van der Waals surface area contributed by atoms with Crippen molar-refractivity contribution >= 4 is 9.84 Å². The van der Waals surface area contributed by atoms with Gasteiger partial charge in [-0.15, -0.1) is 0 Å². The van der Waals surface area contributed by atoms with Gasteiger partial charge in [-0.05, 0) is 30.7 Å². The lowest BCUT2D eigenvalue weighted by Gasteiger charge is -2.03. The Morgan fingerprint density at radius 2 is 2.07 bits per heavy atom. The fourth-order valence-corrected chi connectivity index (χ4v) is 1.75. The van der Waals surface area contributed by atoms with Gasteiger partial charge in [0.25, 0.3) is 0 Å². The number of sulfone groups is 1. The van der Waals surface area contributed by atoms with Crippen molar-refractivity contribution < 1.29 is 12.8 Å². The van der Waals surface area contributed by atoms with Crippen LogP contribution in [0.1, 0.15) is 5.56 Å². The average Bonchev–Trinajstić information content (AvgIpc) is 2.07. The van der Waals surface area contributed by atoms with Crippen LogP contribution in [0.2, 0.25) is 0 Å². The summed E-state index contributed by atoms with van der Waals surface area (Å²) in [5, 5.41) is 0. The standard InChI is InChI=1S/C9H12FNO2S/c1-14(12,13)8-3-2-7(4-5-11)9(10)6-8/h2-3,6H,4-5,11H2,1H3. The van der Waals surface area contributed by atoms with Crippen LogP contribution in [0.4, 0.5) is 4.39 Å². The molecule has 1 aromatic rings. The summed E-state index contributed by atoms with van der Waals surface area (Å²) in [6.07, 6.45) is 1.46. The van der Waals surface area contributed by atoms with Gasteiger partial charge in [-0.2, -0.15) is 0 Å². The third-order valence-electron chi connectivity index (χ3n) is 1.87. The summed E-state index contributed by atoms with van der Waals surface area (Å²) in [5.41, 5.74) is 5.71. The van der Waals surface area contributed by atoms with Crippen LogP contribution < -0.4 is 5.73 Å². The first-order chi connectivity index (χ1) is 6.45. The molecule has 0 aliphatic heterocycles. The van der Waals surface area contributed by atoms with Gasteiger partial charge in [0.1, 0.15) is 5.82 Å². The van der Waals surface area contributed by atoms with Crippen LogP contribution in [0.15, 0.2) is 23.1 Å². The predicted molar refractivity (Wildman–Crippen MR) is 52.3 cm³/mol. The zero-order valence-corrected chi connectivity index (χ0v) is 8.64. The molecule has 0 fully saturated rings. The molecule has 1 aromatic carbocycles. The van der Waals surface area contributed by atoms with E-state index in [1.54, 1.807) is 0 Å². The number of hydrogen-bond acceptors (Lipinski definition) is 3. The van der Waals surface area contributed by atoms with E-state index in [1.165, 1.54) is 12.1 Å². The smallest absolute Gasteiger partial charge is 0.175 e. The van der Waals surface area contributed by atoms with E-state index < -0.39 is 15.7 Å². The highest BCUT2D eigenvalue weighted by Crippen LogP contribution is 2.14. The van der Waals surface area contributed by atoms with E-state index in [2.05, 4.69) is 0 Å². The van der Waals surface area contributed by atoms with Crippen molar-refractivity contribution in [1.29, 1.82) is 0 Å². The molecule has 14 heavy (non-hydrogen) atoms. The second-order valence-corrected chi connectivity index (χ2v) is 5.08. The van der Waals surface area contributed by atoms with Crippen molar-refractivity contribution in [3.63, 3.8) is 0 Å². The third kappa shape index (κ3) is 2.52. The number of nitrogens with two attached hydrogens (primary N) is 1. The quantitative estimate of drug-likeness (QED) is 0.812. The molecule has 0 saturated heterocycles. The molecule has 2 N–H and O–H groups in total. The van der Waals surface area contributed by atoms with Crippen LogP contribution in [-0.4, -0.2) is 21.2 Å². The van der Waals surface area contributed by atoms with E-state index in [1.807, 2.05) is 0 Å². The number of hydrogen-bond donors (Lipinski definition) is 1. The fraction of sp³-hybridized carbons (Fsp3) is 0.333. The molecular formula is C9H12FNO2S. The Morgan fingerprint density at radius 3 is 2.50 bits per heavy atom. The number of rotatable bonds is 3. The molecule has 0 spiro atoms. The second kappa shape index (κ2) is 4.06. The molecule has 78 valence electrons. The summed E-state index contributed by atoms with van der Waals surface area (Å²) in [6, 6.07) is 3.88. The Bertz CT molecular complexity index is 428. The third-order valence-corrected chi connectivity index (χ3v) is 2.98. The molecule has 5 heteroatoms. The summed E-state index contributed by atoms with van der Waals surface area (Å²) in [7, 11) is -3.33. The lowest BCUT2D eigenvalue weighted by molar-refractivity contribution is 0.590. The van der Waals surface area contributed by atoms with Gasteiger partial charge in [0.05, 0.1) is 4.90 Å². The Balaban J connectivity index is 3.13. The summed E-state index contributed by atoms with van der Waals surface area (Å²) in [6.45, 7) is 0.342. The van der Waals surface area contributed by atoms with Gasteiger partial charge >= 0.3 is 0 Å². The number of halogens is 1. The number of benzene rings is 1. The van der Waals surface area contributed by atoms with Crippen LogP contribution >= 0.6 is 0 Å². The van der Waals surface area contributed by atoms with Gasteiger partial charge in [-0.25, -0.2) is 12.8 Å². The van der Waals surface area contributed by atoms with Crippen molar-refractivity contribution in [1.82, 2.24) is 0 Å². The Morgan fingerprint density at radius 1 is 1.43 bits per heavy atom. The zero-order chi connectivity index (χ0) is 10.8. The molecule has 0 atom stereocenters. The van der Waals surface area contributed by atoms with E-state index >= 15 is 0 Å². The summed E-state index contributed by atoms with van der Waals surface area (Å²) < 4.78 is 35.4. The van der Waals surface area contributed by atoms with E-state index in [9.17, 15) is 12.8 Å². The zero-order valence-electron chi connectivity index (χ0n) is 7.83. The molecule has 1 rings (SSSR count). The van der Waals surface area contributed by atoms with Crippen LogP contribution in [0, 0.1) is 5.82 Å². The minimum absolute atomic E-state index is 0.00392. The SMILES string of the molecule is CS(=O)(=O)c1ccc(CCN)c(F)c1. The van der Waals surface area contributed by atoms with Gasteiger partial charge in [-0.1, -0.05) is 6.07 Å². The normalized spacial score (nSPS) is 11.6. The molecule has 0 aromatic heterocycles. The average molecular weight is 217 g/mol. The van der Waals surface area contributed by atoms with Crippen molar-refractivity contribution in [2.75, 3.05) is 12.8 Å². The lowest BCUT2D eigenvalue weighted by atomic mass is 10.1. The van der Waals surface area contributed by atoms with E-state index in [0.717, 1.165) is 12.3 Å². The largest absolute Gasteiger partial charge is 0.330 e. The van der Waals surface area contributed by atoms with Crippen molar-refractivity contribution in [2.24, 2.45) is 5.73 Å². The van der Waals surface area contributed by atoms with Crippen molar-refractivity contribution in [2.45, 2.75) is 11.3 Å². The maximum absolute atomic E-state index is 13.2. The van der Waals surface area contributed by atoms with Crippen molar-refractivity contribution in [3.8, 4) is 0 Å². The summed E-state index contributed by atoms with van der Waals surface area (Å²) >= 11 is 0. The topological polar surface area (TPSA) is 60.2 Å². The van der Waals surface area contributed by atoms with Crippen LogP contribution in [0.5, 0.6) is 0 Å². The predicted octanol–water partition coefficient (Wildman–Crippen LogP) is 0.730. The molecule has 0 radical (unpaired) electrons. The van der Waals surface area contributed by atoms with E-state index in [-0.39, 0.29) is 4.90 Å². The second-order valence-electron chi connectivity index (χ2n) is 3.06. The highest BCUT2D eigenvalue weighted by Gasteiger charge is 2.10. The minimum atomic E-state index is -3.33. The molecule has 3 nitrogen and oxygen atoms in total. The lowest BCUT2D eigenvalue weighted by Crippen LogP contribution is -2.05. The maximum Gasteiger partial charge on any atom is 0.175 e. The molecule has 0 amide bonds. The summed E-state index contributed by atoms with van der Waals surface area (Å²) in [4.78, 5) is -0.00392. The van der Waals surface area contributed by atoms with Gasteiger partial charge < -0.3 is 5.73 Å². The van der Waals surface area contributed by atoms with Gasteiger partial charge in [-0.3, -0.25) is 0 Å². The minimum Gasteiger partial charge on any atom is -0.330 e. The first-order valence-electron chi connectivity index (χ1n) is 4.13. The van der Waals surface area contributed by atoms with Crippen LogP contribution in [-0.2, 0) is 16.3 Å². The Hall–Kier alpha value is -0.940. The molecule has 0 aliphatic rings. The van der Waals surface area contributed by atoms with E-state index in [0.29, 0.717) is 18.5 Å². The fourth-order valence-electron chi connectivity index (χ4n) is 1.12. The van der Waals surface area contributed by atoms with E-state index in [4.69, 9.17) is 5.73 Å². The molecule has 0 unspecified atom stereocenters. The molecule has 0 bridgehead atoms. The van der Waals surface area contributed by atoms with Gasteiger partial charge in [0, 0.05) is 6.26 Å². The monoisotopic (exact) mass is 217 g/mol. The highest BCUT2D eigenvalue weighted by molar-refractivity contribution is 7.90. The van der Waals surface area contributed by atoms with Crippen molar-refractivity contribution in [3.05, 3.63) is 29.6 Å².